The Morgan fingerprint density at radius 2 is 1.89 bits per heavy atom. The third kappa shape index (κ3) is 4.03. The van der Waals surface area contributed by atoms with Crippen LogP contribution >= 0.6 is 0 Å². The summed E-state index contributed by atoms with van der Waals surface area (Å²) in [6, 6.07) is 13.0. The van der Waals surface area contributed by atoms with E-state index in [1.165, 1.54) is 11.3 Å². The lowest BCUT2D eigenvalue weighted by atomic mass is 10.1. The van der Waals surface area contributed by atoms with E-state index in [1.807, 2.05) is 19.1 Å². The lowest BCUT2D eigenvalue weighted by Crippen LogP contribution is -2.36. The van der Waals surface area contributed by atoms with E-state index < -0.39 is 5.91 Å². The van der Waals surface area contributed by atoms with Gasteiger partial charge in [-0.15, -0.1) is 0 Å². The highest BCUT2D eigenvalue weighted by atomic mass is 16.5. The quantitative estimate of drug-likeness (QED) is 0.863. The number of carbonyl (C=O) groups excluding carboxylic acids is 1. The summed E-state index contributed by atoms with van der Waals surface area (Å²) in [7, 11) is 0. The Balaban J connectivity index is 1.45. The van der Waals surface area contributed by atoms with E-state index in [1.54, 1.807) is 0 Å². The van der Waals surface area contributed by atoms with Crippen molar-refractivity contribution >= 4 is 11.6 Å². The Kier molecular flexibility index (Phi) is 5.59. The summed E-state index contributed by atoms with van der Waals surface area (Å²) in [6.45, 7) is 7.35. The van der Waals surface area contributed by atoms with Gasteiger partial charge >= 0.3 is 0 Å². The SMILES string of the molecule is Cc1nc([C@H]2CCCN2Cc2ccc(N3CCOCC3)cc2)ccc1C(N)=O. The summed E-state index contributed by atoms with van der Waals surface area (Å²) < 4.78 is 5.44. The normalized spacial score (nSPS) is 20.5. The van der Waals surface area contributed by atoms with Gasteiger partial charge in [0, 0.05) is 25.3 Å². The zero-order valence-electron chi connectivity index (χ0n) is 16.4. The summed E-state index contributed by atoms with van der Waals surface area (Å²) in [6.07, 6.45) is 2.25. The number of nitrogens with two attached hydrogens (primary N) is 1. The molecule has 2 saturated heterocycles. The van der Waals surface area contributed by atoms with Crippen LogP contribution in [0.15, 0.2) is 36.4 Å². The fourth-order valence-corrected chi connectivity index (χ4v) is 4.25. The molecule has 6 heteroatoms. The van der Waals surface area contributed by atoms with Gasteiger partial charge < -0.3 is 15.4 Å². The van der Waals surface area contributed by atoms with Gasteiger partial charge in [-0.25, -0.2) is 0 Å². The maximum absolute atomic E-state index is 11.5. The number of aryl methyl sites for hydroxylation is 1. The lowest BCUT2D eigenvalue weighted by molar-refractivity contribution is 0.0999. The van der Waals surface area contributed by atoms with Crippen LogP contribution in [-0.4, -0.2) is 48.6 Å². The molecule has 0 bridgehead atoms. The second-order valence-electron chi connectivity index (χ2n) is 7.63. The van der Waals surface area contributed by atoms with Crippen molar-refractivity contribution in [3.8, 4) is 0 Å². The highest BCUT2D eigenvalue weighted by Crippen LogP contribution is 2.33. The molecule has 6 nitrogen and oxygen atoms in total. The van der Waals surface area contributed by atoms with E-state index >= 15 is 0 Å². The van der Waals surface area contributed by atoms with Crippen LogP contribution in [0.1, 0.15) is 46.2 Å². The predicted octanol–water partition coefficient (Wildman–Crippen LogP) is 2.66. The largest absolute Gasteiger partial charge is 0.378 e. The second kappa shape index (κ2) is 8.29. The lowest BCUT2D eigenvalue weighted by Gasteiger charge is -2.29. The van der Waals surface area contributed by atoms with Gasteiger partial charge in [0.1, 0.15) is 0 Å². The van der Waals surface area contributed by atoms with Gasteiger partial charge in [-0.3, -0.25) is 14.7 Å². The van der Waals surface area contributed by atoms with Crippen LogP contribution in [0.25, 0.3) is 0 Å². The molecule has 2 aromatic rings. The Morgan fingerprint density at radius 1 is 1.14 bits per heavy atom. The molecule has 2 aliphatic rings. The number of pyridine rings is 1. The molecule has 0 saturated carbocycles. The van der Waals surface area contributed by atoms with Crippen molar-refractivity contribution in [1.82, 2.24) is 9.88 Å². The van der Waals surface area contributed by atoms with Crippen LogP contribution in [0.2, 0.25) is 0 Å². The van der Waals surface area contributed by atoms with Gasteiger partial charge in [-0.05, 0) is 56.1 Å². The smallest absolute Gasteiger partial charge is 0.250 e. The molecule has 0 aliphatic carbocycles. The number of aromatic nitrogens is 1. The maximum atomic E-state index is 11.5. The number of primary amides is 1. The topological polar surface area (TPSA) is 71.7 Å². The molecule has 28 heavy (non-hydrogen) atoms. The predicted molar refractivity (Wildman–Crippen MR) is 109 cm³/mol. The minimum Gasteiger partial charge on any atom is -0.378 e. The van der Waals surface area contributed by atoms with E-state index in [-0.39, 0.29) is 0 Å². The van der Waals surface area contributed by atoms with E-state index in [4.69, 9.17) is 10.5 Å². The Hall–Kier alpha value is -2.44. The van der Waals surface area contributed by atoms with Gasteiger partial charge in [0.2, 0.25) is 0 Å². The number of carbonyl (C=O) groups is 1. The number of morpholine rings is 1. The van der Waals surface area contributed by atoms with Crippen molar-refractivity contribution in [3.63, 3.8) is 0 Å². The molecule has 1 aromatic heterocycles. The molecule has 2 aliphatic heterocycles. The van der Waals surface area contributed by atoms with Crippen LogP contribution in [0.5, 0.6) is 0 Å². The van der Waals surface area contributed by atoms with E-state index in [0.717, 1.165) is 57.9 Å². The molecule has 0 spiro atoms. The first-order valence-electron chi connectivity index (χ1n) is 10.0. The third-order valence-electron chi connectivity index (χ3n) is 5.78. The van der Waals surface area contributed by atoms with Crippen molar-refractivity contribution in [3.05, 3.63) is 58.9 Å². The van der Waals surface area contributed by atoms with Crippen LogP contribution in [0, 0.1) is 6.92 Å². The van der Waals surface area contributed by atoms with Gasteiger partial charge in [-0.1, -0.05) is 12.1 Å². The first kappa shape index (κ1) is 18.9. The van der Waals surface area contributed by atoms with Crippen LogP contribution < -0.4 is 10.6 Å². The van der Waals surface area contributed by atoms with Gasteiger partial charge in [0.25, 0.3) is 5.91 Å². The van der Waals surface area contributed by atoms with Crippen molar-refractivity contribution in [1.29, 1.82) is 0 Å². The number of anilines is 1. The van der Waals surface area contributed by atoms with E-state index in [9.17, 15) is 4.79 Å². The minimum absolute atomic E-state index is 0.291. The second-order valence-corrected chi connectivity index (χ2v) is 7.63. The Morgan fingerprint density at radius 3 is 2.57 bits per heavy atom. The van der Waals surface area contributed by atoms with Crippen molar-refractivity contribution in [2.24, 2.45) is 5.73 Å². The molecular formula is C22H28N4O2. The highest BCUT2D eigenvalue weighted by Gasteiger charge is 2.27. The number of amides is 1. The molecular weight excluding hydrogens is 352 g/mol. The first-order valence-corrected chi connectivity index (χ1v) is 10.0. The number of nitrogens with zero attached hydrogens (tertiary/aromatic N) is 3. The number of likely N-dealkylation sites (tertiary alicyclic amines) is 1. The maximum Gasteiger partial charge on any atom is 0.250 e. The monoisotopic (exact) mass is 380 g/mol. The molecule has 1 atom stereocenters. The van der Waals surface area contributed by atoms with Crippen LogP contribution in [-0.2, 0) is 11.3 Å². The molecule has 2 N–H and O–H groups in total. The molecule has 0 radical (unpaired) electrons. The summed E-state index contributed by atoms with van der Waals surface area (Å²) in [5.74, 6) is -0.416. The number of benzene rings is 1. The minimum atomic E-state index is -0.416. The number of rotatable bonds is 5. The fourth-order valence-electron chi connectivity index (χ4n) is 4.25. The van der Waals surface area contributed by atoms with E-state index in [0.29, 0.717) is 17.3 Å². The van der Waals surface area contributed by atoms with Crippen molar-refractivity contribution in [2.45, 2.75) is 32.4 Å². The summed E-state index contributed by atoms with van der Waals surface area (Å²) in [5, 5.41) is 0. The Bertz CT molecular complexity index is 831. The van der Waals surface area contributed by atoms with Crippen molar-refractivity contribution < 1.29 is 9.53 Å². The van der Waals surface area contributed by atoms with Crippen molar-refractivity contribution in [2.75, 3.05) is 37.7 Å². The Labute approximate surface area is 166 Å². The summed E-state index contributed by atoms with van der Waals surface area (Å²) in [4.78, 5) is 21.0. The van der Waals surface area contributed by atoms with Gasteiger partial charge in [0.05, 0.1) is 36.2 Å². The number of hydrogen-bond acceptors (Lipinski definition) is 5. The molecule has 148 valence electrons. The average molecular weight is 380 g/mol. The molecule has 4 rings (SSSR count). The fraction of sp³-hybridized carbons (Fsp3) is 0.455. The number of hydrogen-bond donors (Lipinski definition) is 1. The molecule has 3 heterocycles. The third-order valence-corrected chi connectivity index (χ3v) is 5.78. The average Bonchev–Trinajstić information content (AvgIpc) is 3.17. The number of ether oxygens (including phenoxy) is 1. The first-order chi connectivity index (χ1) is 13.6. The van der Waals surface area contributed by atoms with Gasteiger partial charge in [-0.2, -0.15) is 0 Å². The van der Waals surface area contributed by atoms with E-state index in [2.05, 4.69) is 39.0 Å². The highest BCUT2D eigenvalue weighted by molar-refractivity contribution is 5.93. The van der Waals surface area contributed by atoms with Gasteiger partial charge in [0.15, 0.2) is 0 Å². The summed E-state index contributed by atoms with van der Waals surface area (Å²) >= 11 is 0. The zero-order chi connectivity index (χ0) is 19.5. The molecule has 0 unspecified atom stereocenters. The zero-order valence-corrected chi connectivity index (χ0v) is 16.4. The standard InChI is InChI=1S/C22H28N4O2/c1-16-19(22(23)27)8-9-20(24-16)21-3-2-10-26(21)15-17-4-6-18(7-5-17)25-11-13-28-14-12-25/h4-9,21H,2-3,10-15H2,1H3,(H2,23,27)/t21-/m1/s1. The molecule has 1 aromatic carbocycles. The summed E-state index contributed by atoms with van der Waals surface area (Å²) in [5.41, 5.74) is 10.2. The molecule has 1 amide bonds. The van der Waals surface area contributed by atoms with Crippen LogP contribution in [0.4, 0.5) is 5.69 Å². The van der Waals surface area contributed by atoms with Crippen LogP contribution in [0.3, 0.4) is 0 Å². The molecule has 2 fully saturated rings.